The third-order valence-electron chi connectivity index (χ3n) is 7.75. The summed E-state index contributed by atoms with van der Waals surface area (Å²) in [5, 5.41) is 14.4. The second-order valence-electron chi connectivity index (χ2n) is 9.97. The third-order valence-corrected chi connectivity index (χ3v) is 8.95. The third kappa shape index (κ3) is 4.65. The number of aliphatic hydroxyl groups is 1. The van der Waals surface area contributed by atoms with E-state index in [0.29, 0.717) is 18.0 Å². The van der Waals surface area contributed by atoms with E-state index in [1.165, 1.54) is 41.7 Å². The van der Waals surface area contributed by atoms with E-state index < -0.39 is 0 Å². The highest BCUT2D eigenvalue weighted by Crippen LogP contribution is 2.47. The van der Waals surface area contributed by atoms with Gasteiger partial charge < -0.3 is 15.3 Å². The highest BCUT2D eigenvalue weighted by atomic mass is 32.2. The number of aliphatic imine (C=N–C) groups is 2. The lowest BCUT2D eigenvalue weighted by Gasteiger charge is -2.38. The van der Waals surface area contributed by atoms with E-state index in [2.05, 4.69) is 35.3 Å². The maximum absolute atomic E-state index is 10.9. The monoisotopic (exact) mass is 443 g/mol. The lowest BCUT2D eigenvalue weighted by Crippen LogP contribution is -2.40. The van der Waals surface area contributed by atoms with Crippen LogP contribution in [0.3, 0.4) is 0 Å². The highest BCUT2D eigenvalue weighted by Gasteiger charge is 2.37. The van der Waals surface area contributed by atoms with Crippen LogP contribution in [0.4, 0.5) is 0 Å². The van der Waals surface area contributed by atoms with Crippen LogP contribution in [0.15, 0.2) is 32.1 Å². The van der Waals surface area contributed by atoms with Gasteiger partial charge in [0, 0.05) is 24.7 Å². The largest absolute Gasteiger partial charge is 0.378 e. The Kier molecular flexibility index (Phi) is 6.56. The highest BCUT2D eigenvalue weighted by molar-refractivity contribution is 8.03. The Morgan fingerprint density at radius 3 is 2.74 bits per heavy atom. The molecule has 6 nitrogen and oxygen atoms in total. The number of fused-ring (bicyclic) bond motifs is 2. The molecule has 170 valence electrons. The molecule has 1 saturated carbocycles. The molecule has 0 aromatic carbocycles. The van der Waals surface area contributed by atoms with E-state index in [0.717, 1.165) is 51.0 Å². The zero-order valence-electron chi connectivity index (χ0n) is 19.0. The van der Waals surface area contributed by atoms with Crippen molar-refractivity contribution in [2.75, 3.05) is 27.2 Å². The number of allylic oxidation sites excluding steroid dienone is 3. The van der Waals surface area contributed by atoms with Crippen molar-refractivity contribution in [3.8, 4) is 0 Å². The van der Waals surface area contributed by atoms with E-state index in [4.69, 9.17) is 9.98 Å². The summed E-state index contributed by atoms with van der Waals surface area (Å²) < 4.78 is 0. The fourth-order valence-corrected chi connectivity index (χ4v) is 7.06. The molecule has 7 heteroatoms. The SMILES string of the molecule is CN(C)C1CCC(N=C2NC=NC3SC4=CC(=C23)C(CC(O)N2CCCC2)CC4)CC1. The maximum atomic E-state index is 10.9. The molecule has 0 aromatic heterocycles. The Labute approximate surface area is 191 Å². The Balaban J connectivity index is 1.38. The first-order valence-electron chi connectivity index (χ1n) is 12.1. The minimum atomic E-state index is -0.328. The molecule has 2 aliphatic carbocycles. The zero-order valence-corrected chi connectivity index (χ0v) is 19.8. The zero-order chi connectivity index (χ0) is 21.4. The summed E-state index contributed by atoms with van der Waals surface area (Å²) in [4.78, 5) is 16.1. The van der Waals surface area contributed by atoms with Gasteiger partial charge in [-0.3, -0.25) is 14.9 Å². The van der Waals surface area contributed by atoms with Crippen molar-refractivity contribution in [2.24, 2.45) is 15.9 Å². The molecule has 2 fully saturated rings. The van der Waals surface area contributed by atoms with E-state index in [-0.39, 0.29) is 11.6 Å². The van der Waals surface area contributed by atoms with Crippen LogP contribution in [0, 0.1) is 5.92 Å². The van der Waals surface area contributed by atoms with Gasteiger partial charge in [-0.05, 0) is 94.4 Å². The molecule has 1 saturated heterocycles. The van der Waals surface area contributed by atoms with Gasteiger partial charge in [0.15, 0.2) is 0 Å². The van der Waals surface area contributed by atoms with Gasteiger partial charge in [0.1, 0.15) is 17.4 Å². The van der Waals surface area contributed by atoms with Crippen LogP contribution in [0.1, 0.15) is 57.8 Å². The second kappa shape index (κ2) is 9.38. The molecule has 5 rings (SSSR count). The van der Waals surface area contributed by atoms with Gasteiger partial charge in [0.05, 0.1) is 12.4 Å². The van der Waals surface area contributed by atoms with Crippen molar-refractivity contribution in [2.45, 2.75) is 81.5 Å². The first kappa shape index (κ1) is 21.7. The molecule has 0 spiro atoms. The van der Waals surface area contributed by atoms with Gasteiger partial charge in [-0.25, -0.2) is 0 Å². The second-order valence-corrected chi connectivity index (χ2v) is 11.2. The summed E-state index contributed by atoms with van der Waals surface area (Å²) in [6.07, 6.45) is 14.2. The molecular weight excluding hydrogens is 406 g/mol. The van der Waals surface area contributed by atoms with Gasteiger partial charge >= 0.3 is 0 Å². The minimum absolute atomic E-state index is 0.125. The molecule has 2 N–H and O–H groups in total. The molecule has 3 atom stereocenters. The number of likely N-dealkylation sites (tertiary alicyclic amines) is 1. The summed E-state index contributed by atoms with van der Waals surface area (Å²) in [5.41, 5.74) is 2.66. The summed E-state index contributed by atoms with van der Waals surface area (Å²) in [6, 6.07) is 1.09. The van der Waals surface area contributed by atoms with Gasteiger partial charge in [-0.15, -0.1) is 0 Å². The number of hydrogen-bond donors (Lipinski definition) is 2. The summed E-state index contributed by atoms with van der Waals surface area (Å²) in [5.74, 6) is 1.43. The molecule has 3 heterocycles. The average molecular weight is 444 g/mol. The molecule has 31 heavy (non-hydrogen) atoms. The predicted octanol–water partition coefficient (Wildman–Crippen LogP) is 3.36. The normalized spacial score (nSPS) is 35.9. The molecule has 3 unspecified atom stereocenters. The lowest BCUT2D eigenvalue weighted by atomic mass is 9.82. The standard InChI is InChI=1S/C24H37N5OS/c1-28(2)18-8-6-17(7-9-18)27-23-22-20-14-19(31-24(22)26-15-25-23)10-5-16(20)13-21(30)29-11-3-4-12-29/h14-18,21,24,30H,3-13H2,1-2H3,(H,25,26,27). The van der Waals surface area contributed by atoms with Crippen LogP contribution in [0.2, 0.25) is 0 Å². The van der Waals surface area contributed by atoms with E-state index in [1.807, 2.05) is 18.1 Å². The summed E-state index contributed by atoms with van der Waals surface area (Å²) >= 11 is 1.89. The van der Waals surface area contributed by atoms with Crippen molar-refractivity contribution < 1.29 is 5.11 Å². The number of hydrogen-bond acceptors (Lipinski definition) is 6. The lowest BCUT2D eigenvalue weighted by molar-refractivity contribution is 0.00412. The van der Waals surface area contributed by atoms with Crippen LogP contribution < -0.4 is 5.32 Å². The molecule has 2 bridgehead atoms. The Hall–Kier alpha value is -1.15. The van der Waals surface area contributed by atoms with Gasteiger partial charge in [-0.2, -0.15) is 0 Å². The summed E-state index contributed by atoms with van der Waals surface area (Å²) in [6.45, 7) is 2.07. The van der Waals surface area contributed by atoms with Crippen molar-refractivity contribution in [1.82, 2.24) is 15.1 Å². The number of amidine groups is 1. The van der Waals surface area contributed by atoms with E-state index >= 15 is 0 Å². The van der Waals surface area contributed by atoms with Gasteiger partial charge in [-0.1, -0.05) is 11.8 Å². The van der Waals surface area contributed by atoms with Crippen LogP contribution in [0.25, 0.3) is 0 Å². The van der Waals surface area contributed by atoms with Crippen LogP contribution in [-0.4, -0.2) is 78.0 Å². The van der Waals surface area contributed by atoms with Gasteiger partial charge in [0.25, 0.3) is 0 Å². The van der Waals surface area contributed by atoms with Crippen LogP contribution >= 0.6 is 11.8 Å². The summed E-state index contributed by atoms with van der Waals surface area (Å²) in [7, 11) is 4.38. The number of aliphatic hydroxyl groups excluding tert-OH is 1. The number of rotatable bonds is 5. The van der Waals surface area contributed by atoms with Crippen LogP contribution in [0.5, 0.6) is 0 Å². The Morgan fingerprint density at radius 1 is 1.23 bits per heavy atom. The van der Waals surface area contributed by atoms with Crippen molar-refractivity contribution in [3.05, 3.63) is 22.1 Å². The molecule has 3 aliphatic heterocycles. The number of thioether (sulfide) groups is 1. The number of nitrogens with one attached hydrogen (secondary N) is 1. The van der Waals surface area contributed by atoms with Crippen molar-refractivity contribution >= 4 is 23.9 Å². The minimum Gasteiger partial charge on any atom is -0.378 e. The molecule has 0 radical (unpaired) electrons. The van der Waals surface area contributed by atoms with E-state index in [9.17, 15) is 5.11 Å². The molecular formula is C24H37N5OS. The quantitative estimate of drug-likeness (QED) is 0.682. The predicted molar refractivity (Wildman–Crippen MR) is 129 cm³/mol. The van der Waals surface area contributed by atoms with Gasteiger partial charge in [0.2, 0.25) is 0 Å². The fraction of sp³-hybridized carbons (Fsp3) is 0.750. The van der Waals surface area contributed by atoms with Crippen molar-refractivity contribution in [1.29, 1.82) is 0 Å². The Morgan fingerprint density at radius 2 is 2.00 bits per heavy atom. The number of nitrogens with zero attached hydrogens (tertiary/aromatic N) is 4. The molecule has 0 aromatic rings. The smallest absolute Gasteiger partial charge is 0.132 e. The first-order chi connectivity index (χ1) is 15.1. The topological polar surface area (TPSA) is 63.5 Å². The Bertz CT molecular complexity index is 790. The molecule has 5 aliphatic rings. The average Bonchev–Trinajstić information content (AvgIpc) is 3.31. The van der Waals surface area contributed by atoms with Crippen molar-refractivity contribution in [3.63, 3.8) is 0 Å². The van der Waals surface area contributed by atoms with E-state index in [1.54, 1.807) is 0 Å². The maximum Gasteiger partial charge on any atom is 0.132 e. The van der Waals surface area contributed by atoms with Crippen LogP contribution in [-0.2, 0) is 0 Å². The fourth-order valence-electron chi connectivity index (χ4n) is 5.85. The molecule has 0 amide bonds. The first-order valence-corrected chi connectivity index (χ1v) is 13.0.